The average Bonchev–Trinajstić information content (AvgIpc) is 2.84. The van der Waals surface area contributed by atoms with Gasteiger partial charge in [0.1, 0.15) is 5.75 Å². The van der Waals surface area contributed by atoms with E-state index >= 15 is 0 Å². The number of carbonyl (C=O) groups is 2. The van der Waals surface area contributed by atoms with Crippen molar-refractivity contribution < 1.29 is 23.8 Å². The first-order chi connectivity index (χ1) is 16.8. The predicted molar refractivity (Wildman–Crippen MR) is 135 cm³/mol. The van der Waals surface area contributed by atoms with Crippen LogP contribution >= 0.6 is 0 Å². The summed E-state index contributed by atoms with van der Waals surface area (Å²) in [6, 6.07) is 21.4. The van der Waals surface area contributed by atoms with Crippen LogP contribution in [-0.4, -0.2) is 31.3 Å². The fourth-order valence-corrected chi connectivity index (χ4v) is 3.10. The number of nitrogens with one attached hydrogen (secondary N) is 1. The molecule has 7 heteroatoms. The van der Waals surface area contributed by atoms with E-state index in [1.165, 1.54) is 11.8 Å². The summed E-state index contributed by atoms with van der Waals surface area (Å²) < 4.78 is 16.6. The smallest absolute Gasteiger partial charge is 0.343 e. The van der Waals surface area contributed by atoms with Gasteiger partial charge in [0.2, 0.25) is 0 Å². The first-order valence-electron chi connectivity index (χ1n) is 11.4. The number of rotatable bonds is 9. The second kappa shape index (κ2) is 11.8. The fourth-order valence-electron chi connectivity index (χ4n) is 3.10. The summed E-state index contributed by atoms with van der Waals surface area (Å²) in [5.41, 5.74) is 4.77. The SMILES string of the molecule is CCOc1cc(/C=N/NC(=O)COc2ccc(C(C)(C)C)cc2)ccc1OC(=O)c1ccccc1. The molecule has 182 valence electrons. The third kappa shape index (κ3) is 7.71. The molecule has 0 fully saturated rings. The van der Waals surface area contributed by atoms with Gasteiger partial charge in [0, 0.05) is 0 Å². The number of benzene rings is 3. The molecule has 0 saturated heterocycles. The van der Waals surface area contributed by atoms with Crippen LogP contribution < -0.4 is 19.6 Å². The van der Waals surface area contributed by atoms with Crippen LogP contribution in [0.1, 0.15) is 49.2 Å². The lowest BCUT2D eigenvalue weighted by molar-refractivity contribution is -0.123. The van der Waals surface area contributed by atoms with Crippen LogP contribution in [0.5, 0.6) is 17.2 Å². The standard InChI is InChI=1S/C28H30N2O5/c1-5-33-25-17-20(11-16-24(25)35-27(32)21-9-7-6-8-10-21)18-29-30-26(31)19-34-23-14-12-22(13-15-23)28(2,3)4/h6-18H,5,19H2,1-4H3,(H,30,31)/b29-18+. The van der Waals surface area contributed by atoms with Gasteiger partial charge in [0.15, 0.2) is 18.1 Å². The normalized spacial score (nSPS) is 11.2. The molecule has 0 aromatic heterocycles. The highest BCUT2D eigenvalue weighted by atomic mass is 16.6. The van der Waals surface area contributed by atoms with Crippen molar-refractivity contribution in [1.82, 2.24) is 5.43 Å². The lowest BCUT2D eigenvalue weighted by Crippen LogP contribution is -2.24. The van der Waals surface area contributed by atoms with Crippen LogP contribution in [0.4, 0.5) is 0 Å². The minimum absolute atomic E-state index is 0.0500. The second-order valence-electron chi connectivity index (χ2n) is 8.75. The molecule has 0 radical (unpaired) electrons. The van der Waals surface area contributed by atoms with Crippen molar-refractivity contribution >= 4 is 18.1 Å². The van der Waals surface area contributed by atoms with E-state index < -0.39 is 5.97 Å². The maximum absolute atomic E-state index is 12.4. The predicted octanol–water partition coefficient (Wildman–Crippen LogP) is 5.13. The lowest BCUT2D eigenvalue weighted by Gasteiger charge is -2.19. The second-order valence-corrected chi connectivity index (χ2v) is 8.75. The monoisotopic (exact) mass is 474 g/mol. The van der Waals surface area contributed by atoms with Crippen LogP contribution in [-0.2, 0) is 10.2 Å². The molecule has 1 N–H and O–H groups in total. The maximum atomic E-state index is 12.4. The molecular weight excluding hydrogens is 444 g/mol. The van der Waals surface area contributed by atoms with E-state index in [1.807, 2.05) is 37.3 Å². The number of hydrogen-bond donors (Lipinski definition) is 1. The van der Waals surface area contributed by atoms with E-state index in [-0.39, 0.29) is 17.9 Å². The van der Waals surface area contributed by atoms with Crippen molar-refractivity contribution in [2.45, 2.75) is 33.1 Å². The lowest BCUT2D eigenvalue weighted by atomic mass is 9.87. The summed E-state index contributed by atoms with van der Waals surface area (Å²) in [5.74, 6) is 0.439. The third-order valence-corrected chi connectivity index (χ3v) is 4.97. The quantitative estimate of drug-likeness (QED) is 0.201. The minimum atomic E-state index is -0.478. The molecule has 0 aliphatic rings. The minimum Gasteiger partial charge on any atom is -0.490 e. The Labute approximate surface area is 205 Å². The number of hydrazone groups is 1. The number of ether oxygens (including phenoxy) is 3. The van der Waals surface area contributed by atoms with Crippen molar-refractivity contribution in [2.75, 3.05) is 13.2 Å². The first-order valence-corrected chi connectivity index (χ1v) is 11.4. The summed E-state index contributed by atoms with van der Waals surface area (Å²) in [4.78, 5) is 24.4. The molecule has 0 bridgehead atoms. The largest absolute Gasteiger partial charge is 0.490 e. The van der Waals surface area contributed by atoms with Gasteiger partial charge >= 0.3 is 5.97 Å². The first kappa shape index (κ1) is 25.5. The van der Waals surface area contributed by atoms with Crippen LogP contribution in [0.25, 0.3) is 0 Å². The van der Waals surface area contributed by atoms with Gasteiger partial charge in [-0.1, -0.05) is 51.1 Å². The molecule has 7 nitrogen and oxygen atoms in total. The Hall–Kier alpha value is -4.13. The van der Waals surface area contributed by atoms with Crippen molar-refractivity contribution in [3.63, 3.8) is 0 Å². The Balaban J connectivity index is 1.55. The van der Waals surface area contributed by atoms with Crippen molar-refractivity contribution in [2.24, 2.45) is 5.10 Å². The zero-order valence-electron chi connectivity index (χ0n) is 20.4. The van der Waals surface area contributed by atoms with Gasteiger partial charge in [-0.3, -0.25) is 4.79 Å². The number of nitrogens with zero attached hydrogens (tertiary/aromatic N) is 1. The van der Waals surface area contributed by atoms with Crippen LogP contribution in [0.3, 0.4) is 0 Å². The molecule has 0 saturated carbocycles. The highest BCUT2D eigenvalue weighted by Crippen LogP contribution is 2.29. The molecule has 35 heavy (non-hydrogen) atoms. The molecule has 3 aromatic carbocycles. The zero-order chi connectivity index (χ0) is 25.3. The molecular formula is C28H30N2O5. The molecule has 0 atom stereocenters. The van der Waals surface area contributed by atoms with E-state index in [0.29, 0.717) is 35.0 Å². The molecule has 0 aliphatic carbocycles. The topological polar surface area (TPSA) is 86.2 Å². The molecule has 3 rings (SSSR count). The molecule has 3 aromatic rings. The average molecular weight is 475 g/mol. The molecule has 0 aliphatic heterocycles. The zero-order valence-corrected chi connectivity index (χ0v) is 20.4. The van der Waals surface area contributed by atoms with Gasteiger partial charge in [0.25, 0.3) is 5.91 Å². The molecule has 1 amide bonds. The van der Waals surface area contributed by atoms with Gasteiger partial charge in [-0.2, -0.15) is 5.10 Å². The van der Waals surface area contributed by atoms with Crippen LogP contribution in [0.2, 0.25) is 0 Å². The summed E-state index contributed by atoms with van der Waals surface area (Å²) in [5, 5.41) is 3.97. The number of esters is 1. The maximum Gasteiger partial charge on any atom is 0.343 e. The number of carbonyl (C=O) groups excluding carboxylic acids is 2. The van der Waals surface area contributed by atoms with E-state index in [9.17, 15) is 9.59 Å². The summed E-state index contributed by atoms with van der Waals surface area (Å²) in [6.45, 7) is 8.47. The van der Waals surface area contributed by atoms with Gasteiger partial charge in [-0.15, -0.1) is 0 Å². The van der Waals surface area contributed by atoms with E-state index in [0.717, 1.165) is 0 Å². The summed E-state index contributed by atoms with van der Waals surface area (Å²) in [7, 11) is 0. The summed E-state index contributed by atoms with van der Waals surface area (Å²) in [6.07, 6.45) is 1.47. The number of hydrogen-bond acceptors (Lipinski definition) is 6. The van der Waals surface area contributed by atoms with Crippen molar-refractivity contribution in [1.29, 1.82) is 0 Å². The highest BCUT2D eigenvalue weighted by molar-refractivity contribution is 5.91. The number of amides is 1. The Morgan fingerprint density at radius 3 is 2.29 bits per heavy atom. The van der Waals surface area contributed by atoms with Crippen LogP contribution in [0, 0.1) is 0 Å². The van der Waals surface area contributed by atoms with Gasteiger partial charge in [0.05, 0.1) is 18.4 Å². The Bertz CT molecular complexity index is 1170. The van der Waals surface area contributed by atoms with Crippen LogP contribution in [0.15, 0.2) is 77.9 Å². The van der Waals surface area contributed by atoms with E-state index in [1.54, 1.807) is 42.5 Å². The van der Waals surface area contributed by atoms with Crippen molar-refractivity contribution in [3.8, 4) is 17.2 Å². The Morgan fingerprint density at radius 2 is 1.63 bits per heavy atom. The van der Waals surface area contributed by atoms with Crippen molar-refractivity contribution in [3.05, 3.63) is 89.5 Å². The van der Waals surface area contributed by atoms with E-state index in [4.69, 9.17) is 14.2 Å². The Kier molecular flexibility index (Phi) is 8.62. The highest BCUT2D eigenvalue weighted by Gasteiger charge is 2.14. The molecule has 0 unspecified atom stereocenters. The van der Waals surface area contributed by atoms with Gasteiger partial charge in [-0.25, -0.2) is 10.2 Å². The van der Waals surface area contributed by atoms with Gasteiger partial charge < -0.3 is 14.2 Å². The Morgan fingerprint density at radius 1 is 0.914 bits per heavy atom. The molecule has 0 spiro atoms. The molecule has 0 heterocycles. The summed E-state index contributed by atoms with van der Waals surface area (Å²) >= 11 is 0. The fraction of sp³-hybridized carbons (Fsp3) is 0.250. The van der Waals surface area contributed by atoms with Gasteiger partial charge in [-0.05, 0) is 65.9 Å². The van der Waals surface area contributed by atoms with E-state index in [2.05, 4.69) is 31.3 Å². The third-order valence-electron chi connectivity index (χ3n) is 4.97.